The normalized spacial score (nSPS) is 10.5. The van der Waals surface area contributed by atoms with Crippen molar-refractivity contribution in [1.29, 1.82) is 0 Å². The zero-order chi connectivity index (χ0) is 16.4. The molecule has 0 unspecified atom stereocenters. The molecule has 0 spiro atoms. The van der Waals surface area contributed by atoms with Crippen molar-refractivity contribution in [1.82, 2.24) is 21.0 Å². The summed E-state index contributed by atoms with van der Waals surface area (Å²) in [5.74, 6) is -1.07. The van der Waals surface area contributed by atoms with E-state index in [0.717, 1.165) is 3.79 Å². The first-order valence-corrected chi connectivity index (χ1v) is 8.00. The standard InChI is InChI=1S/C14H9BrN4O3S/c15-10-6-5-9(23-10)13(21)18-19-14(22)11-7-3-1-2-4-8(7)12(20)17-16-11/h1-6H,(H,17,20)(H,18,21)(H,19,22). The second-order valence-electron chi connectivity index (χ2n) is 4.46. The lowest BCUT2D eigenvalue weighted by Crippen LogP contribution is -2.42. The predicted molar refractivity (Wildman–Crippen MR) is 89.3 cm³/mol. The smallest absolute Gasteiger partial charge is 0.267 e. The minimum Gasteiger partial charge on any atom is -0.267 e. The topological polar surface area (TPSA) is 104 Å². The van der Waals surface area contributed by atoms with E-state index in [1.807, 2.05) is 0 Å². The van der Waals surface area contributed by atoms with Gasteiger partial charge < -0.3 is 0 Å². The van der Waals surface area contributed by atoms with Crippen LogP contribution in [0.1, 0.15) is 20.2 Å². The molecule has 23 heavy (non-hydrogen) atoms. The Morgan fingerprint density at radius 1 is 1.04 bits per heavy atom. The lowest BCUT2D eigenvalue weighted by atomic mass is 10.1. The first kappa shape index (κ1) is 15.4. The molecule has 3 N–H and O–H groups in total. The molecule has 0 fully saturated rings. The maximum absolute atomic E-state index is 12.2. The van der Waals surface area contributed by atoms with Gasteiger partial charge in [-0.2, -0.15) is 5.10 Å². The van der Waals surface area contributed by atoms with Gasteiger partial charge in [0, 0.05) is 5.39 Å². The Hall–Kier alpha value is -2.52. The molecule has 0 atom stereocenters. The molecule has 3 aromatic rings. The number of hydrazine groups is 1. The molecule has 7 nitrogen and oxygen atoms in total. The Kier molecular flexibility index (Phi) is 4.22. The van der Waals surface area contributed by atoms with E-state index in [-0.39, 0.29) is 11.3 Å². The molecule has 0 aliphatic rings. The second kappa shape index (κ2) is 6.31. The monoisotopic (exact) mass is 392 g/mol. The number of nitrogens with one attached hydrogen (secondary N) is 3. The van der Waals surface area contributed by atoms with Gasteiger partial charge in [0.15, 0.2) is 5.69 Å². The summed E-state index contributed by atoms with van der Waals surface area (Å²) in [5, 5.41) is 6.77. The van der Waals surface area contributed by atoms with Gasteiger partial charge in [0.1, 0.15) is 0 Å². The first-order valence-electron chi connectivity index (χ1n) is 6.39. The number of aromatic amines is 1. The van der Waals surface area contributed by atoms with Crippen molar-refractivity contribution in [3.63, 3.8) is 0 Å². The molecular formula is C14H9BrN4O3S. The average Bonchev–Trinajstić information content (AvgIpc) is 2.99. The number of thiophene rings is 1. The summed E-state index contributed by atoms with van der Waals surface area (Å²) in [6.45, 7) is 0. The summed E-state index contributed by atoms with van der Waals surface area (Å²) in [6, 6.07) is 9.96. The van der Waals surface area contributed by atoms with Crippen molar-refractivity contribution in [3.8, 4) is 0 Å². The van der Waals surface area contributed by atoms with Crippen LogP contribution < -0.4 is 16.4 Å². The third-order valence-corrected chi connectivity index (χ3v) is 4.62. The van der Waals surface area contributed by atoms with Crippen LogP contribution in [0.4, 0.5) is 0 Å². The summed E-state index contributed by atoms with van der Waals surface area (Å²) >= 11 is 4.50. The molecular weight excluding hydrogens is 384 g/mol. The Labute approximate surface area is 141 Å². The van der Waals surface area contributed by atoms with Crippen molar-refractivity contribution < 1.29 is 9.59 Å². The Bertz CT molecular complexity index is 966. The summed E-state index contributed by atoms with van der Waals surface area (Å²) in [5.41, 5.74) is 4.23. The van der Waals surface area contributed by atoms with Gasteiger partial charge in [0.2, 0.25) is 0 Å². The molecule has 2 heterocycles. The molecule has 0 radical (unpaired) electrons. The molecule has 0 bridgehead atoms. The Morgan fingerprint density at radius 2 is 1.74 bits per heavy atom. The van der Waals surface area contributed by atoms with Crippen molar-refractivity contribution in [2.45, 2.75) is 0 Å². The van der Waals surface area contributed by atoms with Gasteiger partial charge in [0.25, 0.3) is 17.4 Å². The molecule has 9 heteroatoms. The number of rotatable bonds is 2. The zero-order valence-electron chi connectivity index (χ0n) is 11.4. The highest BCUT2D eigenvalue weighted by molar-refractivity contribution is 9.11. The minimum absolute atomic E-state index is 0.0212. The quantitative estimate of drug-likeness (QED) is 0.578. The Balaban J connectivity index is 1.80. The fraction of sp³-hybridized carbons (Fsp3) is 0. The molecule has 0 saturated heterocycles. The molecule has 2 aromatic heterocycles. The fourth-order valence-corrected chi connectivity index (χ4v) is 3.24. The number of H-pyrrole nitrogens is 1. The second-order valence-corrected chi connectivity index (χ2v) is 6.92. The van der Waals surface area contributed by atoms with Crippen LogP contribution >= 0.6 is 27.3 Å². The molecule has 0 aliphatic carbocycles. The molecule has 0 saturated carbocycles. The highest BCUT2D eigenvalue weighted by Crippen LogP contribution is 2.21. The van der Waals surface area contributed by atoms with Gasteiger partial charge in [-0.1, -0.05) is 18.2 Å². The van der Waals surface area contributed by atoms with Gasteiger partial charge in [-0.25, -0.2) is 5.10 Å². The van der Waals surface area contributed by atoms with Crippen molar-refractivity contribution in [2.75, 3.05) is 0 Å². The number of amides is 2. The summed E-state index contributed by atoms with van der Waals surface area (Å²) in [6.07, 6.45) is 0. The van der Waals surface area contributed by atoms with E-state index in [0.29, 0.717) is 15.6 Å². The van der Waals surface area contributed by atoms with Gasteiger partial charge in [-0.3, -0.25) is 25.2 Å². The van der Waals surface area contributed by atoms with Gasteiger partial charge in [-0.15, -0.1) is 11.3 Å². The van der Waals surface area contributed by atoms with Crippen LogP contribution in [-0.4, -0.2) is 22.0 Å². The number of fused-ring (bicyclic) bond motifs is 1. The summed E-state index contributed by atoms with van der Waals surface area (Å²) in [4.78, 5) is 36.2. The minimum atomic E-state index is -0.624. The van der Waals surface area contributed by atoms with E-state index in [1.165, 1.54) is 11.3 Å². The number of halogens is 1. The molecule has 2 amide bonds. The first-order chi connectivity index (χ1) is 11.1. The molecule has 1 aromatic carbocycles. The maximum Gasteiger partial charge on any atom is 0.290 e. The number of benzene rings is 1. The summed E-state index contributed by atoms with van der Waals surface area (Å²) < 4.78 is 0.808. The summed E-state index contributed by atoms with van der Waals surface area (Å²) in [7, 11) is 0. The molecule has 3 rings (SSSR count). The lowest BCUT2D eigenvalue weighted by molar-refractivity contribution is 0.0846. The number of hydrogen-bond donors (Lipinski definition) is 3. The predicted octanol–water partition coefficient (Wildman–Crippen LogP) is 1.82. The van der Waals surface area contributed by atoms with Crippen molar-refractivity contribution in [2.24, 2.45) is 0 Å². The van der Waals surface area contributed by atoms with E-state index < -0.39 is 11.8 Å². The number of carbonyl (C=O) groups excluding carboxylic acids is 2. The van der Waals surface area contributed by atoms with Gasteiger partial charge >= 0.3 is 0 Å². The number of nitrogens with zero attached hydrogens (tertiary/aromatic N) is 1. The number of hydrogen-bond acceptors (Lipinski definition) is 5. The zero-order valence-corrected chi connectivity index (χ0v) is 13.8. The molecule has 116 valence electrons. The van der Waals surface area contributed by atoms with Gasteiger partial charge in [-0.05, 0) is 34.1 Å². The van der Waals surface area contributed by atoms with Crippen LogP contribution in [-0.2, 0) is 0 Å². The van der Waals surface area contributed by atoms with Crippen LogP contribution in [0.2, 0.25) is 0 Å². The van der Waals surface area contributed by atoms with Crippen LogP contribution in [0, 0.1) is 0 Å². The fourth-order valence-electron chi connectivity index (χ4n) is 1.96. The Morgan fingerprint density at radius 3 is 2.43 bits per heavy atom. The average molecular weight is 393 g/mol. The third kappa shape index (κ3) is 3.15. The highest BCUT2D eigenvalue weighted by Gasteiger charge is 2.15. The van der Waals surface area contributed by atoms with E-state index in [1.54, 1.807) is 36.4 Å². The largest absolute Gasteiger partial charge is 0.290 e. The third-order valence-electron chi connectivity index (χ3n) is 3.00. The number of aromatic nitrogens is 2. The van der Waals surface area contributed by atoms with Crippen LogP contribution in [0.15, 0.2) is 45.0 Å². The highest BCUT2D eigenvalue weighted by atomic mass is 79.9. The van der Waals surface area contributed by atoms with E-state index in [4.69, 9.17) is 0 Å². The maximum atomic E-state index is 12.2. The van der Waals surface area contributed by atoms with Crippen LogP contribution in [0.3, 0.4) is 0 Å². The van der Waals surface area contributed by atoms with Crippen molar-refractivity contribution in [3.05, 3.63) is 61.1 Å². The van der Waals surface area contributed by atoms with Crippen LogP contribution in [0.5, 0.6) is 0 Å². The van der Waals surface area contributed by atoms with Gasteiger partial charge in [0.05, 0.1) is 14.0 Å². The van der Waals surface area contributed by atoms with E-state index in [2.05, 4.69) is 37.0 Å². The van der Waals surface area contributed by atoms with Crippen LogP contribution in [0.25, 0.3) is 10.8 Å². The lowest BCUT2D eigenvalue weighted by Gasteiger charge is -2.07. The van der Waals surface area contributed by atoms with E-state index in [9.17, 15) is 14.4 Å². The molecule has 0 aliphatic heterocycles. The SMILES string of the molecule is O=C(NNC(=O)c1n[nH]c(=O)c2ccccc12)c1ccc(Br)s1. The van der Waals surface area contributed by atoms with Crippen molar-refractivity contribution >= 4 is 49.9 Å². The number of carbonyl (C=O) groups is 2. The van der Waals surface area contributed by atoms with E-state index >= 15 is 0 Å².